The quantitative estimate of drug-likeness (QED) is 0.639. The largest absolute Gasteiger partial charge is 0.468 e. The van der Waals surface area contributed by atoms with Crippen molar-refractivity contribution < 1.29 is 23.9 Å². The van der Waals surface area contributed by atoms with Gasteiger partial charge in [-0.05, 0) is 26.0 Å². The summed E-state index contributed by atoms with van der Waals surface area (Å²) in [4.78, 5) is 36.3. The number of nitrogens with one attached hydrogen (secondary N) is 1. The Bertz CT molecular complexity index is 795. The Morgan fingerprint density at radius 1 is 1.08 bits per heavy atom. The number of ether oxygens (including phenoxy) is 2. The molecule has 132 valence electrons. The number of carbonyl (C=O) groups is 3. The normalized spacial score (nSPS) is 11.5. The molecule has 2 aromatic rings. The third-order valence-electron chi connectivity index (χ3n) is 3.85. The maximum atomic E-state index is 12.2. The number of carbonyl (C=O) groups excluding carboxylic acids is 3. The average Bonchev–Trinajstić information content (AvgIpc) is 2.91. The number of esters is 2. The fraction of sp³-hybridized carbons (Fsp3) is 0.278. The Morgan fingerprint density at radius 3 is 2.24 bits per heavy atom. The molecule has 1 aromatic heterocycles. The lowest BCUT2D eigenvalue weighted by atomic mass is 9.93. The summed E-state index contributed by atoms with van der Waals surface area (Å²) in [5, 5.41) is 0. The fourth-order valence-electron chi connectivity index (χ4n) is 2.61. The van der Waals surface area contributed by atoms with Crippen LogP contribution in [0.4, 0.5) is 5.69 Å². The molecule has 0 saturated heterocycles. The van der Waals surface area contributed by atoms with E-state index < -0.39 is 23.6 Å². The minimum atomic E-state index is -1.20. The van der Waals surface area contributed by atoms with Gasteiger partial charge in [0.15, 0.2) is 0 Å². The van der Waals surface area contributed by atoms with Gasteiger partial charge in [-0.15, -0.1) is 0 Å². The van der Waals surface area contributed by atoms with Gasteiger partial charge in [0.05, 0.1) is 31.2 Å². The van der Waals surface area contributed by atoms with E-state index in [1.54, 1.807) is 11.6 Å². The van der Waals surface area contributed by atoms with Gasteiger partial charge in [0.2, 0.25) is 0 Å². The lowest BCUT2D eigenvalue weighted by Gasteiger charge is -2.11. The van der Waals surface area contributed by atoms with Gasteiger partial charge in [0.25, 0.3) is 0 Å². The van der Waals surface area contributed by atoms with Crippen LogP contribution in [-0.2, 0) is 19.1 Å². The Hall–Kier alpha value is -3.09. The SMILES string of the molecule is COC(=O)c1c(C(C(C)=O)C(=O)OC)cn(Nc2ccccc2)c1C. The molecule has 0 fully saturated rings. The van der Waals surface area contributed by atoms with Crippen molar-refractivity contribution in [3.63, 3.8) is 0 Å². The first-order valence-corrected chi connectivity index (χ1v) is 7.61. The molecule has 1 heterocycles. The number of benzene rings is 1. The number of anilines is 1. The van der Waals surface area contributed by atoms with Crippen molar-refractivity contribution in [2.75, 3.05) is 19.6 Å². The van der Waals surface area contributed by atoms with Gasteiger partial charge >= 0.3 is 11.9 Å². The lowest BCUT2D eigenvalue weighted by Crippen LogP contribution is -2.23. The molecule has 1 N–H and O–H groups in total. The number of para-hydroxylation sites is 1. The number of nitrogens with zero attached hydrogens (tertiary/aromatic N) is 1. The Balaban J connectivity index is 2.58. The van der Waals surface area contributed by atoms with Gasteiger partial charge in [-0.3, -0.25) is 19.7 Å². The van der Waals surface area contributed by atoms with Crippen molar-refractivity contribution >= 4 is 23.4 Å². The number of hydrogen-bond donors (Lipinski definition) is 1. The molecule has 0 amide bonds. The van der Waals surface area contributed by atoms with Crippen molar-refractivity contribution in [1.82, 2.24) is 4.68 Å². The summed E-state index contributed by atoms with van der Waals surface area (Å²) in [6.45, 7) is 2.97. The van der Waals surface area contributed by atoms with E-state index in [4.69, 9.17) is 9.47 Å². The van der Waals surface area contributed by atoms with Gasteiger partial charge in [-0.2, -0.15) is 0 Å². The summed E-state index contributed by atoms with van der Waals surface area (Å²) in [6, 6.07) is 9.29. The zero-order valence-corrected chi connectivity index (χ0v) is 14.5. The van der Waals surface area contributed by atoms with Gasteiger partial charge in [-0.25, -0.2) is 4.79 Å². The van der Waals surface area contributed by atoms with E-state index in [-0.39, 0.29) is 11.1 Å². The van der Waals surface area contributed by atoms with Crippen LogP contribution in [0.15, 0.2) is 36.5 Å². The first kappa shape index (κ1) is 18.3. The molecule has 0 aliphatic heterocycles. The van der Waals surface area contributed by atoms with E-state index in [9.17, 15) is 14.4 Å². The average molecular weight is 344 g/mol. The van der Waals surface area contributed by atoms with Crippen LogP contribution in [0.25, 0.3) is 0 Å². The molecule has 2 rings (SSSR count). The molecule has 0 bridgehead atoms. The Kier molecular flexibility index (Phi) is 5.59. The van der Waals surface area contributed by atoms with Crippen LogP contribution < -0.4 is 5.43 Å². The predicted octanol–water partition coefficient (Wildman–Crippen LogP) is 2.30. The number of hydrogen-bond acceptors (Lipinski definition) is 6. The molecule has 25 heavy (non-hydrogen) atoms. The van der Waals surface area contributed by atoms with Gasteiger partial charge < -0.3 is 9.47 Å². The van der Waals surface area contributed by atoms with Crippen LogP contribution in [0.1, 0.15) is 34.5 Å². The summed E-state index contributed by atoms with van der Waals surface area (Å²) < 4.78 is 11.1. The predicted molar refractivity (Wildman–Crippen MR) is 91.4 cm³/mol. The van der Waals surface area contributed by atoms with E-state index in [0.717, 1.165) is 5.69 Å². The summed E-state index contributed by atoms with van der Waals surface area (Å²) in [6.07, 6.45) is 1.54. The molecule has 1 unspecified atom stereocenters. The highest BCUT2D eigenvalue weighted by Crippen LogP contribution is 2.28. The molecule has 7 nitrogen and oxygen atoms in total. The van der Waals surface area contributed by atoms with E-state index in [0.29, 0.717) is 5.69 Å². The van der Waals surface area contributed by atoms with Crippen LogP contribution in [0.3, 0.4) is 0 Å². The van der Waals surface area contributed by atoms with Crippen LogP contribution in [0.5, 0.6) is 0 Å². The molecule has 1 atom stereocenters. The van der Waals surface area contributed by atoms with Crippen molar-refractivity contribution in [2.24, 2.45) is 0 Å². The fourth-order valence-corrected chi connectivity index (χ4v) is 2.61. The second-order valence-corrected chi connectivity index (χ2v) is 5.45. The molecule has 0 aliphatic carbocycles. The van der Waals surface area contributed by atoms with Crippen molar-refractivity contribution in [3.05, 3.63) is 53.3 Å². The van der Waals surface area contributed by atoms with Crippen LogP contribution in [0, 0.1) is 6.92 Å². The van der Waals surface area contributed by atoms with Crippen molar-refractivity contribution in [1.29, 1.82) is 0 Å². The van der Waals surface area contributed by atoms with E-state index in [1.807, 2.05) is 30.3 Å². The lowest BCUT2D eigenvalue weighted by molar-refractivity contribution is -0.145. The van der Waals surface area contributed by atoms with E-state index in [2.05, 4.69) is 5.43 Å². The standard InChI is InChI=1S/C18H20N2O5/c1-11-15(17(22)24-3)14(16(12(2)21)18(23)25-4)10-20(11)19-13-8-6-5-7-9-13/h5-10,16,19H,1-4H3. The molecule has 1 aromatic carbocycles. The molecule has 0 radical (unpaired) electrons. The molecular formula is C18H20N2O5. The maximum Gasteiger partial charge on any atom is 0.340 e. The first-order valence-electron chi connectivity index (χ1n) is 7.61. The summed E-state index contributed by atoms with van der Waals surface area (Å²) >= 11 is 0. The highest BCUT2D eigenvalue weighted by atomic mass is 16.5. The van der Waals surface area contributed by atoms with Gasteiger partial charge in [0, 0.05) is 11.8 Å². The van der Waals surface area contributed by atoms with Crippen molar-refractivity contribution in [3.8, 4) is 0 Å². The Morgan fingerprint density at radius 2 is 1.72 bits per heavy atom. The first-order chi connectivity index (χ1) is 11.9. The van der Waals surface area contributed by atoms with Crippen LogP contribution in [0.2, 0.25) is 0 Å². The topological polar surface area (TPSA) is 86.6 Å². The zero-order valence-electron chi connectivity index (χ0n) is 14.5. The summed E-state index contributed by atoms with van der Waals surface area (Å²) in [5.74, 6) is -2.98. The van der Waals surface area contributed by atoms with Crippen molar-refractivity contribution in [2.45, 2.75) is 19.8 Å². The second kappa shape index (κ2) is 7.65. The number of ketones is 1. The number of Topliss-reactive ketones (excluding diaryl/α,β-unsaturated/α-hetero) is 1. The molecular weight excluding hydrogens is 324 g/mol. The molecule has 0 aliphatic rings. The maximum absolute atomic E-state index is 12.2. The summed E-state index contributed by atoms with van der Waals surface area (Å²) in [5.41, 5.74) is 4.81. The molecule has 7 heteroatoms. The summed E-state index contributed by atoms with van der Waals surface area (Å²) in [7, 11) is 2.44. The second-order valence-electron chi connectivity index (χ2n) is 5.45. The minimum absolute atomic E-state index is 0.163. The number of rotatable bonds is 6. The van der Waals surface area contributed by atoms with E-state index in [1.165, 1.54) is 27.3 Å². The Labute approximate surface area is 145 Å². The highest BCUT2D eigenvalue weighted by molar-refractivity contribution is 6.06. The number of methoxy groups -OCH3 is 2. The smallest absolute Gasteiger partial charge is 0.340 e. The molecule has 0 saturated carbocycles. The third-order valence-corrected chi connectivity index (χ3v) is 3.85. The van der Waals surface area contributed by atoms with Gasteiger partial charge in [-0.1, -0.05) is 18.2 Å². The third kappa shape index (κ3) is 3.71. The van der Waals surface area contributed by atoms with Crippen LogP contribution in [-0.4, -0.2) is 36.6 Å². The zero-order chi connectivity index (χ0) is 18.6. The minimum Gasteiger partial charge on any atom is -0.468 e. The van der Waals surface area contributed by atoms with Crippen LogP contribution >= 0.6 is 0 Å². The monoisotopic (exact) mass is 344 g/mol. The highest BCUT2D eigenvalue weighted by Gasteiger charge is 2.34. The van der Waals surface area contributed by atoms with E-state index >= 15 is 0 Å². The van der Waals surface area contributed by atoms with Gasteiger partial charge in [0.1, 0.15) is 11.7 Å². The number of aromatic nitrogens is 1. The molecule has 0 spiro atoms.